The van der Waals surface area contributed by atoms with Crippen LogP contribution < -0.4 is 21.7 Å². The number of rotatable bonds is 6. The lowest BCUT2D eigenvalue weighted by molar-refractivity contribution is -0.0194. The number of aromatic nitrogens is 1. The second-order valence-corrected chi connectivity index (χ2v) is 8.58. The highest BCUT2D eigenvalue weighted by Crippen LogP contribution is 2.25. The first-order chi connectivity index (χ1) is 16.6. The van der Waals surface area contributed by atoms with E-state index < -0.39 is 5.92 Å². The summed E-state index contributed by atoms with van der Waals surface area (Å²) in [5, 5.41) is 10.1. The molecule has 2 heterocycles. The quantitative estimate of drug-likeness (QED) is 0.513. The molecular formula is C26H42F2N6. The minimum Gasteiger partial charge on any atom is -0.333 e. The normalized spacial score (nSPS) is 18.4. The Balaban J connectivity index is 0.00000199. The highest BCUT2D eigenvalue weighted by atomic mass is 19.3. The maximum Gasteiger partial charge on any atom is 0.248 e. The van der Waals surface area contributed by atoms with Crippen molar-refractivity contribution in [2.45, 2.75) is 51.2 Å². The first-order valence-corrected chi connectivity index (χ1v) is 12.4. The predicted molar refractivity (Wildman–Crippen MR) is 136 cm³/mol. The molecule has 0 saturated carbocycles. The molecule has 34 heavy (non-hydrogen) atoms. The molecule has 1 aliphatic heterocycles. The first kappa shape index (κ1) is 28.3. The van der Waals surface area contributed by atoms with E-state index in [1.54, 1.807) is 0 Å². The van der Waals surface area contributed by atoms with Crippen LogP contribution in [-0.2, 0) is 19.6 Å². The molecule has 1 saturated heterocycles. The van der Waals surface area contributed by atoms with Gasteiger partial charge in [-0.05, 0) is 56.2 Å². The van der Waals surface area contributed by atoms with Crippen molar-refractivity contribution in [1.29, 1.82) is 0 Å². The summed E-state index contributed by atoms with van der Waals surface area (Å²) < 4.78 is 27.6. The fourth-order valence-electron chi connectivity index (χ4n) is 3.92. The number of benzene rings is 1. The van der Waals surface area contributed by atoms with Gasteiger partial charge in [0.1, 0.15) is 0 Å². The molecule has 0 spiro atoms. The van der Waals surface area contributed by atoms with Crippen molar-refractivity contribution in [2.75, 3.05) is 46.3 Å². The molecule has 0 bridgehead atoms. The summed E-state index contributed by atoms with van der Waals surface area (Å²) in [5.41, 5.74) is 8.09. The molecule has 0 aliphatic carbocycles. The summed E-state index contributed by atoms with van der Waals surface area (Å²) >= 11 is 0. The Kier molecular flexibility index (Phi) is 13.8. The molecule has 1 aromatic heterocycles. The molecule has 1 aromatic carbocycles. The van der Waals surface area contributed by atoms with Gasteiger partial charge in [-0.2, -0.15) is 0 Å². The van der Waals surface area contributed by atoms with Crippen molar-refractivity contribution >= 4 is 0 Å². The third-order valence-corrected chi connectivity index (χ3v) is 5.79. The van der Waals surface area contributed by atoms with Crippen molar-refractivity contribution in [1.82, 2.24) is 25.8 Å². The molecule has 0 atom stereocenters. The Morgan fingerprint density at radius 1 is 0.882 bits per heavy atom. The van der Waals surface area contributed by atoms with Crippen LogP contribution in [0, 0.1) is 0 Å². The van der Waals surface area contributed by atoms with Crippen LogP contribution >= 0.6 is 0 Å². The summed E-state index contributed by atoms with van der Waals surface area (Å²) in [7, 11) is 1.50. The molecule has 2 aromatic rings. The zero-order valence-electron chi connectivity index (χ0n) is 20.5. The first-order valence-electron chi connectivity index (χ1n) is 12.4. The van der Waals surface area contributed by atoms with Crippen LogP contribution in [0.5, 0.6) is 0 Å². The lowest BCUT2D eigenvalue weighted by Crippen LogP contribution is -2.37. The number of alkyl halides is 2. The zero-order valence-corrected chi connectivity index (χ0v) is 20.5. The number of nitrogens with one attached hydrogen (secondary N) is 3. The summed E-state index contributed by atoms with van der Waals surface area (Å²) in [6.07, 6.45) is 2.82. The Morgan fingerprint density at radius 2 is 1.50 bits per heavy atom. The summed E-state index contributed by atoms with van der Waals surface area (Å²) in [4.78, 5) is 6.76. The van der Waals surface area contributed by atoms with Crippen molar-refractivity contribution in [3.8, 4) is 0 Å². The van der Waals surface area contributed by atoms with Gasteiger partial charge in [-0.1, -0.05) is 30.3 Å². The molecule has 6 nitrogen and oxygen atoms in total. The lowest BCUT2D eigenvalue weighted by atomic mass is 10.1. The van der Waals surface area contributed by atoms with E-state index in [4.69, 9.17) is 0 Å². The van der Waals surface area contributed by atoms with Crippen molar-refractivity contribution in [3.05, 3.63) is 65.5 Å². The topological polar surface area (TPSA) is 78.2 Å². The average Bonchev–Trinajstić information content (AvgIpc) is 2.85. The molecule has 3 rings (SSSR count). The van der Waals surface area contributed by atoms with E-state index in [0.29, 0.717) is 25.9 Å². The Morgan fingerprint density at radius 3 is 2.09 bits per heavy atom. The molecule has 0 unspecified atom stereocenters. The monoisotopic (exact) mass is 476 g/mol. The van der Waals surface area contributed by atoms with E-state index in [1.807, 2.05) is 24.4 Å². The third-order valence-electron chi connectivity index (χ3n) is 5.79. The van der Waals surface area contributed by atoms with Crippen LogP contribution in [0.2, 0.25) is 0 Å². The van der Waals surface area contributed by atoms with Gasteiger partial charge >= 0.3 is 0 Å². The van der Waals surface area contributed by atoms with Gasteiger partial charge < -0.3 is 21.7 Å². The molecule has 190 valence electrons. The maximum absolute atomic E-state index is 13.8. The van der Waals surface area contributed by atoms with Crippen LogP contribution in [0.3, 0.4) is 0 Å². The van der Waals surface area contributed by atoms with Crippen LogP contribution in [0.15, 0.2) is 48.7 Å². The minimum atomic E-state index is -2.53. The number of hydrogen-bond donors (Lipinski definition) is 4. The van der Waals surface area contributed by atoms with Gasteiger partial charge in [0.25, 0.3) is 0 Å². The molecule has 8 heteroatoms. The smallest absolute Gasteiger partial charge is 0.248 e. The number of hydrogen-bond acceptors (Lipinski definition) is 6. The number of nitrogens with two attached hydrogens (primary N) is 1. The van der Waals surface area contributed by atoms with Crippen molar-refractivity contribution < 1.29 is 8.78 Å². The predicted octanol–water partition coefficient (Wildman–Crippen LogP) is 3.14. The average molecular weight is 477 g/mol. The highest BCUT2D eigenvalue weighted by Gasteiger charge is 2.27. The largest absolute Gasteiger partial charge is 0.333 e. The zero-order chi connectivity index (χ0) is 24.5. The Labute approximate surface area is 203 Å². The fraction of sp³-hybridized carbons (Fsp3) is 0.577. The van der Waals surface area contributed by atoms with E-state index in [1.165, 1.54) is 18.2 Å². The second kappa shape index (κ2) is 16.6. The lowest BCUT2D eigenvalue weighted by Gasteiger charge is -2.24. The summed E-state index contributed by atoms with van der Waals surface area (Å²) in [5.74, 6) is -2.53. The van der Waals surface area contributed by atoms with Crippen molar-refractivity contribution in [2.24, 2.45) is 5.73 Å². The van der Waals surface area contributed by atoms with Gasteiger partial charge in [-0.25, -0.2) is 8.78 Å². The van der Waals surface area contributed by atoms with Gasteiger partial charge in [0.2, 0.25) is 5.92 Å². The van der Waals surface area contributed by atoms with Gasteiger partial charge in [0.15, 0.2) is 0 Å². The SMILES string of the molecule is CN.FC1(F)CCCNCCN(Cc2ccc(CNCc3ccccn3)cc2)CCNCCC1. The summed E-state index contributed by atoms with van der Waals surface area (Å²) in [6, 6.07) is 14.7. The van der Waals surface area contributed by atoms with E-state index >= 15 is 0 Å². The number of halogens is 2. The van der Waals surface area contributed by atoms with Crippen molar-refractivity contribution in [3.63, 3.8) is 0 Å². The van der Waals surface area contributed by atoms with Gasteiger partial charge in [-0.15, -0.1) is 0 Å². The van der Waals surface area contributed by atoms with E-state index in [9.17, 15) is 8.78 Å². The molecule has 1 fully saturated rings. The van der Waals surface area contributed by atoms with Gasteiger partial charge in [0.05, 0.1) is 5.69 Å². The van der Waals surface area contributed by atoms with Gasteiger partial charge in [0, 0.05) is 64.9 Å². The Bertz CT molecular complexity index is 740. The van der Waals surface area contributed by atoms with E-state index in [2.05, 4.69) is 55.8 Å². The molecular weight excluding hydrogens is 434 g/mol. The molecule has 5 N–H and O–H groups in total. The fourth-order valence-corrected chi connectivity index (χ4v) is 3.92. The number of pyridine rings is 1. The summed E-state index contributed by atoms with van der Waals surface area (Å²) in [6.45, 7) is 7.23. The van der Waals surface area contributed by atoms with E-state index in [-0.39, 0.29) is 12.8 Å². The third kappa shape index (κ3) is 11.9. The van der Waals surface area contributed by atoms with Crippen LogP contribution in [-0.4, -0.2) is 62.1 Å². The minimum absolute atomic E-state index is 0.0211. The maximum atomic E-state index is 13.8. The molecule has 0 radical (unpaired) electrons. The molecule has 1 aliphatic rings. The van der Waals surface area contributed by atoms with Crippen LogP contribution in [0.4, 0.5) is 8.78 Å². The highest BCUT2D eigenvalue weighted by molar-refractivity contribution is 5.22. The van der Waals surface area contributed by atoms with Gasteiger partial charge in [-0.3, -0.25) is 9.88 Å². The van der Waals surface area contributed by atoms with E-state index in [0.717, 1.165) is 51.5 Å². The molecule has 0 amide bonds. The Hall–Kier alpha value is -1.97. The number of nitrogens with zero attached hydrogens (tertiary/aromatic N) is 2. The van der Waals surface area contributed by atoms with Crippen LogP contribution in [0.25, 0.3) is 0 Å². The standard InChI is InChI=1S/C25H37F2N5.CH5N/c26-25(27)10-3-12-28-15-17-32(18-16-29-13-4-11-25)21-23-8-6-22(7-9-23)19-30-20-24-5-1-2-14-31-24;1-2/h1-2,5-9,14,28-30H,3-4,10-13,15-21H2;2H2,1H3. The van der Waals surface area contributed by atoms with Crippen LogP contribution in [0.1, 0.15) is 42.5 Å². The second-order valence-electron chi connectivity index (χ2n) is 8.58.